The van der Waals surface area contributed by atoms with Crippen LogP contribution in [0.2, 0.25) is 4.34 Å². The zero-order valence-corrected chi connectivity index (χ0v) is 16.1. The molecule has 0 saturated carbocycles. The Balaban J connectivity index is 1.40. The maximum absolute atomic E-state index is 10.1. The highest BCUT2D eigenvalue weighted by Crippen LogP contribution is 2.43. The molecule has 2 atom stereocenters. The average molecular weight is 384 g/mol. The second kappa shape index (κ2) is 6.67. The molecule has 2 aliphatic heterocycles. The van der Waals surface area contributed by atoms with Crippen molar-refractivity contribution in [2.24, 2.45) is 11.3 Å². The largest absolute Gasteiger partial charge is 0.396 e. The Morgan fingerprint density at radius 3 is 2.58 bits per heavy atom. The van der Waals surface area contributed by atoms with E-state index < -0.39 is 0 Å². The summed E-state index contributed by atoms with van der Waals surface area (Å²) in [5.41, 5.74) is 1.18. The standard InChI is InChI=1S/C17H22ClN3OS2/c1-12-19-14(8-23-12)6-20-4-13-5-21(10-17(13,9-20)11-22)7-15-2-3-16(18)24-15/h2-3,8,13,22H,4-7,9-11H2,1H3. The van der Waals surface area contributed by atoms with Crippen LogP contribution in [0.5, 0.6) is 0 Å². The number of thiophene rings is 1. The normalized spacial score (nSPS) is 27.9. The molecule has 2 aromatic heterocycles. The molecule has 2 aliphatic rings. The van der Waals surface area contributed by atoms with Crippen LogP contribution in [-0.4, -0.2) is 52.7 Å². The van der Waals surface area contributed by atoms with Crippen LogP contribution >= 0.6 is 34.3 Å². The predicted molar refractivity (Wildman–Crippen MR) is 99.7 cm³/mol. The number of aryl methyl sites for hydroxylation is 1. The van der Waals surface area contributed by atoms with E-state index in [0.29, 0.717) is 5.92 Å². The Bertz CT molecular complexity index is 662. The second-order valence-corrected chi connectivity index (χ2v) is 9.98. The maximum Gasteiger partial charge on any atom is 0.0931 e. The Morgan fingerprint density at radius 2 is 2.04 bits per heavy atom. The van der Waals surface area contributed by atoms with Gasteiger partial charge in [-0.2, -0.15) is 0 Å². The van der Waals surface area contributed by atoms with Crippen LogP contribution in [0.4, 0.5) is 0 Å². The molecule has 0 bridgehead atoms. The Kier molecular flexibility index (Phi) is 4.71. The van der Waals surface area contributed by atoms with Gasteiger partial charge in [0.2, 0.25) is 0 Å². The van der Waals surface area contributed by atoms with Gasteiger partial charge in [0.1, 0.15) is 0 Å². The number of aromatic nitrogens is 1. The lowest BCUT2D eigenvalue weighted by Crippen LogP contribution is -2.36. The van der Waals surface area contributed by atoms with Crippen LogP contribution < -0.4 is 0 Å². The molecule has 7 heteroatoms. The molecule has 0 aromatic carbocycles. The van der Waals surface area contributed by atoms with Gasteiger partial charge in [-0.1, -0.05) is 11.6 Å². The summed E-state index contributed by atoms with van der Waals surface area (Å²) in [6.07, 6.45) is 0. The highest BCUT2D eigenvalue weighted by Gasteiger charge is 2.51. The monoisotopic (exact) mass is 383 g/mol. The first kappa shape index (κ1) is 16.9. The van der Waals surface area contributed by atoms with Crippen molar-refractivity contribution in [2.75, 3.05) is 32.8 Å². The third-order valence-corrected chi connectivity index (χ3v) is 7.31. The number of likely N-dealkylation sites (tertiary alicyclic amines) is 2. The minimum absolute atomic E-state index is 0.0200. The number of rotatable bonds is 5. The van der Waals surface area contributed by atoms with Crippen molar-refractivity contribution in [2.45, 2.75) is 20.0 Å². The molecular formula is C17H22ClN3OS2. The van der Waals surface area contributed by atoms with E-state index in [-0.39, 0.29) is 12.0 Å². The molecule has 2 unspecified atom stereocenters. The molecule has 0 radical (unpaired) electrons. The van der Waals surface area contributed by atoms with Gasteiger partial charge in [-0.05, 0) is 25.0 Å². The van der Waals surface area contributed by atoms with Crippen LogP contribution in [0.25, 0.3) is 0 Å². The zero-order valence-electron chi connectivity index (χ0n) is 13.7. The summed E-state index contributed by atoms with van der Waals surface area (Å²) in [5, 5.41) is 13.4. The van der Waals surface area contributed by atoms with Crippen molar-refractivity contribution < 1.29 is 5.11 Å². The molecule has 4 nitrogen and oxygen atoms in total. The number of hydrogen-bond acceptors (Lipinski definition) is 6. The van der Waals surface area contributed by atoms with Gasteiger partial charge in [0.15, 0.2) is 0 Å². The zero-order chi connectivity index (χ0) is 16.7. The van der Waals surface area contributed by atoms with Gasteiger partial charge in [-0.25, -0.2) is 4.98 Å². The summed E-state index contributed by atoms with van der Waals surface area (Å²) in [7, 11) is 0. The molecule has 0 amide bonds. The van der Waals surface area contributed by atoms with E-state index in [1.165, 1.54) is 4.88 Å². The Hall–Kier alpha value is -0.500. The lowest BCUT2D eigenvalue weighted by molar-refractivity contribution is 0.110. The first-order valence-electron chi connectivity index (χ1n) is 8.27. The number of nitrogens with zero attached hydrogens (tertiary/aromatic N) is 3. The van der Waals surface area contributed by atoms with Crippen molar-refractivity contribution in [1.82, 2.24) is 14.8 Å². The van der Waals surface area contributed by atoms with Gasteiger partial charge in [0, 0.05) is 54.9 Å². The summed E-state index contributed by atoms with van der Waals surface area (Å²) < 4.78 is 0.853. The minimum Gasteiger partial charge on any atom is -0.396 e. The van der Waals surface area contributed by atoms with Gasteiger partial charge in [-0.3, -0.25) is 9.80 Å². The summed E-state index contributed by atoms with van der Waals surface area (Å²) in [6.45, 7) is 8.22. The maximum atomic E-state index is 10.1. The van der Waals surface area contributed by atoms with E-state index in [1.54, 1.807) is 22.7 Å². The van der Waals surface area contributed by atoms with Gasteiger partial charge < -0.3 is 5.11 Å². The van der Waals surface area contributed by atoms with E-state index in [2.05, 4.69) is 33.2 Å². The highest BCUT2D eigenvalue weighted by molar-refractivity contribution is 7.16. The highest BCUT2D eigenvalue weighted by atomic mass is 35.5. The fourth-order valence-corrected chi connectivity index (χ4v) is 5.97. The number of halogens is 1. The van der Waals surface area contributed by atoms with Crippen molar-refractivity contribution in [3.05, 3.63) is 37.4 Å². The third-order valence-electron chi connectivity index (χ3n) is 5.28. The van der Waals surface area contributed by atoms with Crippen LogP contribution in [-0.2, 0) is 13.1 Å². The number of aliphatic hydroxyl groups excluding tert-OH is 1. The lowest BCUT2D eigenvalue weighted by Gasteiger charge is -2.27. The molecular weight excluding hydrogens is 362 g/mol. The number of thiazole rings is 1. The molecule has 2 saturated heterocycles. The number of fused-ring (bicyclic) bond motifs is 1. The molecule has 4 rings (SSSR count). The SMILES string of the molecule is Cc1nc(CN2CC3CN(Cc4ccc(Cl)s4)CC3(CO)C2)cs1. The molecule has 2 aromatic rings. The van der Waals surface area contributed by atoms with Crippen LogP contribution in [0.1, 0.15) is 15.6 Å². The van der Waals surface area contributed by atoms with Crippen molar-refractivity contribution in [1.29, 1.82) is 0 Å². The summed E-state index contributed by atoms with van der Waals surface area (Å²) in [5.74, 6) is 0.540. The van der Waals surface area contributed by atoms with E-state index in [4.69, 9.17) is 11.6 Å². The predicted octanol–water partition coefficient (Wildman–Crippen LogP) is 3.09. The minimum atomic E-state index is 0.0200. The van der Waals surface area contributed by atoms with E-state index >= 15 is 0 Å². The fourth-order valence-electron chi connectivity index (χ4n) is 4.23. The van der Waals surface area contributed by atoms with Crippen LogP contribution in [0.15, 0.2) is 17.5 Å². The van der Waals surface area contributed by atoms with Crippen molar-refractivity contribution in [3.63, 3.8) is 0 Å². The van der Waals surface area contributed by atoms with Crippen LogP contribution in [0, 0.1) is 18.3 Å². The smallest absolute Gasteiger partial charge is 0.0931 e. The van der Waals surface area contributed by atoms with Crippen molar-refractivity contribution in [3.8, 4) is 0 Å². The molecule has 24 heavy (non-hydrogen) atoms. The molecule has 130 valence electrons. The van der Waals surface area contributed by atoms with Gasteiger partial charge in [-0.15, -0.1) is 22.7 Å². The quantitative estimate of drug-likeness (QED) is 0.861. The van der Waals surface area contributed by atoms with Gasteiger partial charge in [0.05, 0.1) is 21.6 Å². The third kappa shape index (κ3) is 3.28. The molecule has 4 heterocycles. The Morgan fingerprint density at radius 1 is 1.29 bits per heavy atom. The summed E-state index contributed by atoms with van der Waals surface area (Å²) >= 11 is 9.41. The second-order valence-electron chi connectivity index (χ2n) is 7.12. The van der Waals surface area contributed by atoms with Crippen molar-refractivity contribution >= 4 is 34.3 Å². The lowest BCUT2D eigenvalue weighted by atomic mass is 9.82. The van der Waals surface area contributed by atoms with Gasteiger partial charge in [0.25, 0.3) is 0 Å². The topological polar surface area (TPSA) is 39.6 Å². The van der Waals surface area contributed by atoms with Crippen LogP contribution in [0.3, 0.4) is 0 Å². The van der Waals surface area contributed by atoms with E-state index in [1.807, 2.05) is 6.07 Å². The molecule has 0 spiro atoms. The van der Waals surface area contributed by atoms with Gasteiger partial charge >= 0.3 is 0 Å². The van der Waals surface area contributed by atoms with E-state index in [0.717, 1.165) is 54.3 Å². The summed E-state index contributed by atoms with van der Waals surface area (Å²) in [4.78, 5) is 10.8. The summed E-state index contributed by atoms with van der Waals surface area (Å²) in [6, 6.07) is 4.08. The first-order chi connectivity index (χ1) is 11.6. The Labute approximate surface area is 155 Å². The first-order valence-corrected chi connectivity index (χ1v) is 10.3. The number of aliphatic hydroxyl groups is 1. The average Bonchev–Trinajstić information content (AvgIpc) is 3.25. The molecule has 2 fully saturated rings. The number of hydrogen-bond donors (Lipinski definition) is 1. The van der Waals surface area contributed by atoms with E-state index in [9.17, 15) is 5.11 Å². The molecule has 0 aliphatic carbocycles. The fraction of sp³-hybridized carbons (Fsp3) is 0.588. The molecule has 1 N–H and O–H groups in total.